The van der Waals surface area contributed by atoms with Gasteiger partial charge in [0.2, 0.25) is 5.89 Å². The van der Waals surface area contributed by atoms with Crippen molar-refractivity contribution in [2.75, 3.05) is 6.54 Å². The molecule has 0 unspecified atom stereocenters. The minimum Gasteiger partial charge on any atom is -0.352 e. The molecule has 0 bridgehead atoms. The monoisotopic (exact) mass is 365 g/mol. The van der Waals surface area contributed by atoms with Crippen molar-refractivity contribution in [2.45, 2.75) is 25.2 Å². The van der Waals surface area contributed by atoms with E-state index < -0.39 is 0 Å². The molecule has 27 heavy (non-hydrogen) atoms. The number of amides is 1. The van der Waals surface area contributed by atoms with Gasteiger partial charge < -0.3 is 9.84 Å². The van der Waals surface area contributed by atoms with Gasteiger partial charge in [-0.2, -0.15) is 10.1 Å². The third-order valence-corrected chi connectivity index (χ3v) is 4.45. The summed E-state index contributed by atoms with van der Waals surface area (Å²) in [6, 6.07) is 10.2. The Morgan fingerprint density at radius 2 is 2.00 bits per heavy atom. The van der Waals surface area contributed by atoms with Crippen LogP contribution in [0.25, 0.3) is 11.3 Å². The molecule has 1 saturated carbocycles. The molecule has 0 aliphatic heterocycles. The Kier molecular flexibility index (Phi) is 4.53. The first-order chi connectivity index (χ1) is 13.1. The maximum Gasteiger partial charge on any atom is 0.266 e. The van der Waals surface area contributed by atoms with Crippen molar-refractivity contribution in [2.24, 2.45) is 7.05 Å². The molecular weight excluding hydrogens is 346 g/mol. The molecule has 1 aliphatic rings. The Hall–Kier alpha value is -3.29. The molecule has 1 aromatic carbocycles. The van der Waals surface area contributed by atoms with E-state index in [1.807, 2.05) is 12.1 Å². The molecule has 1 fully saturated rings. The summed E-state index contributed by atoms with van der Waals surface area (Å²) in [4.78, 5) is 28.0. The van der Waals surface area contributed by atoms with Gasteiger partial charge >= 0.3 is 0 Å². The van der Waals surface area contributed by atoms with Crippen LogP contribution < -0.4 is 10.9 Å². The quantitative estimate of drug-likeness (QED) is 0.713. The van der Waals surface area contributed by atoms with Crippen LogP contribution in [0.2, 0.25) is 0 Å². The van der Waals surface area contributed by atoms with Crippen molar-refractivity contribution >= 4 is 5.91 Å². The second kappa shape index (κ2) is 7.14. The van der Waals surface area contributed by atoms with E-state index >= 15 is 0 Å². The number of rotatable bonds is 6. The Labute approximate surface area is 155 Å². The third-order valence-electron chi connectivity index (χ3n) is 4.45. The van der Waals surface area contributed by atoms with Crippen LogP contribution in [0.3, 0.4) is 0 Å². The number of carbonyl (C=O) groups is 1. The summed E-state index contributed by atoms with van der Waals surface area (Å²) in [7, 11) is 1.60. The highest BCUT2D eigenvalue weighted by Gasteiger charge is 2.29. The van der Waals surface area contributed by atoms with Crippen LogP contribution in [0.5, 0.6) is 0 Å². The summed E-state index contributed by atoms with van der Waals surface area (Å²) >= 11 is 0. The van der Waals surface area contributed by atoms with Gasteiger partial charge in [-0.1, -0.05) is 17.3 Å². The van der Waals surface area contributed by atoms with Gasteiger partial charge in [-0.3, -0.25) is 9.59 Å². The number of nitrogens with zero attached hydrogens (tertiary/aromatic N) is 4. The highest BCUT2D eigenvalue weighted by Crippen LogP contribution is 2.38. The first kappa shape index (κ1) is 17.1. The number of aromatic nitrogens is 4. The van der Waals surface area contributed by atoms with E-state index in [9.17, 15) is 9.59 Å². The van der Waals surface area contributed by atoms with E-state index in [1.165, 1.54) is 10.7 Å². The van der Waals surface area contributed by atoms with E-state index in [0.29, 0.717) is 41.9 Å². The SMILES string of the molecule is Cn1nc(-c2ccc(C(=O)NCCc3noc(C4CC4)n3)cc2)ccc1=O. The minimum absolute atomic E-state index is 0.166. The van der Waals surface area contributed by atoms with Crippen LogP contribution in [-0.4, -0.2) is 32.4 Å². The summed E-state index contributed by atoms with van der Waals surface area (Å²) in [5.41, 5.74) is 1.89. The predicted molar refractivity (Wildman–Crippen MR) is 97.2 cm³/mol. The van der Waals surface area contributed by atoms with Gasteiger partial charge in [0.25, 0.3) is 11.5 Å². The fourth-order valence-corrected chi connectivity index (χ4v) is 2.70. The first-order valence-electron chi connectivity index (χ1n) is 8.85. The summed E-state index contributed by atoms with van der Waals surface area (Å²) in [6.45, 7) is 0.437. The average molecular weight is 365 g/mol. The number of benzene rings is 1. The van der Waals surface area contributed by atoms with Crippen LogP contribution in [0.1, 0.15) is 40.8 Å². The zero-order valence-corrected chi connectivity index (χ0v) is 14.9. The molecule has 1 amide bonds. The summed E-state index contributed by atoms with van der Waals surface area (Å²) in [5.74, 6) is 1.59. The highest BCUT2D eigenvalue weighted by atomic mass is 16.5. The Morgan fingerprint density at radius 1 is 1.22 bits per heavy atom. The molecule has 3 aromatic rings. The topological polar surface area (TPSA) is 103 Å². The van der Waals surface area contributed by atoms with E-state index in [1.54, 1.807) is 25.2 Å². The number of hydrogen-bond acceptors (Lipinski definition) is 6. The van der Waals surface area contributed by atoms with Crippen molar-refractivity contribution < 1.29 is 9.32 Å². The smallest absolute Gasteiger partial charge is 0.266 e. The molecule has 0 radical (unpaired) electrons. The Bertz CT molecular complexity index is 1020. The largest absolute Gasteiger partial charge is 0.352 e. The maximum absolute atomic E-state index is 12.3. The zero-order valence-electron chi connectivity index (χ0n) is 14.9. The van der Waals surface area contributed by atoms with Crippen LogP contribution in [-0.2, 0) is 13.5 Å². The van der Waals surface area contributed by atoms with Gasteiger partial charge in [0.05, 0.1) is 5.69 Å². The van der Waals surface area contributed by atoms with Gasteiger partial charge in [-0.05, 0) is 31.0 Å². The highest BCUT2D eigenvalue weighted by molar-refractivity contribution is 5.94. The fourth-order valence-electron chi connectivity index (χ4n) is 2.70. The molecule has 1 aliphatic carbocycles. The lowest BCUT2D eigenvalue weighted by atomic mass is 10.1. The van der Waals surface area contributed by atoms with E-state index in [2.05, 4.69) is 20.6 Å². The van der Waals surface area contributed by atoms with Crippen LogP contribution in [0.4, 0.5) is 0 Å². The van der Waals surface area contributed by atoms with Gasteiger partial charge in [-0.25, -0.2) is 4.68 Å². The van der Waals surface area contributed by atoms with Gasteiger partial charge in [0, 0.05) is 43.1 Å². The van der Waals surface area contributed by atoms with Gasteiger partial charge in [0.15, 0.2) is 5.82 Å². The summed E-state index contributed by atoms with van der Waals surface area (Å²) in [5, 5.41) is 11.0. The molecule has 2 heterocycles. The van der Waals surface area contributed by atoms with Crippen molar-refractivity contribution in [3.8, 4) is 11.3 Å². The zero-order chi connectivity index (χ0) is 18.8. The maximum atomic E-state index is 12.3. The van der Waals surface area contributed by atoms with Crippen LogP contribution in [0, 0.1) is 0 Å². The van der Waals surface area contributed by atoms with Crippen LogP contribution in [0.15, 0.2) is 45.7 Å². The molecule has 0 saturated heterocycles. The second-order valence-electron chi connectivity index (χ2n) is 6.59. The standard InChI is InChI=1S/C19H19N5O3/c1-24-17(25)9-8-15(22-24)12-2-4-13(5-3-12)18(26)20-11-10-16-21-19(27-23-16)14-6-7-14/h2-5,8-9,14H,6-7,10-11H2,1H3,(H,20,26). The number of nitrogens with one attached hydrogen (secondary N) is 1. The molecule has 8 heteroatoms. The summed E-state index contributed by atoms with van der Waals surface area (Å²) < 4.78 is 6.48. The molecule has 0 atom stereocenters. The van der Waals surface area contributed by atoms with E-state index in [0.717, 1.165) is 18.4 Å². The Morgan fingerprint density at radius 3 is 2.70 bits per heavy atom. The molecule has 1 N–H and O–H groups in total. The molecule has 8 nitrogen and oxygen atoms in total. The minimum atomic E-state index is -0.166. The number of hydrogen-bond donors (Lipinski definition) is 1. The second-order valence-corrected chi connectivity index (χ2v) is 6.59. The van der Waals surface area contributed by atoms with Gasteiger partial charge in [0.1, 0.15) is 0 Å². The van der Waals surface area contributed by atoms with Crippen molar-refractivity contribution in [1.29, 1.82) is 0 Å². The van der Waals surface area contributed by atoms with Crippen molar-refractivity contribution in [3.05, 3.63) is 64.0 Å². The summed E-state index contributed by atoms with van der Waals surface area (Å²) in [6.07, 6.45) is 2.76. The molecule has 0 spiro atoms. The number of aryl methyl sites for hydroxylation is 1. The first-order valence-corrected chi connectivity index (χ1v) is 8.85. The van der Waals surface area contributed by atoms with Crippen molar-refractivity contribution in [3.63, 3.8) is 0 Å². The Balaban J connectivity index is 1.34. The normalized spacial score (nSPS) is 13.5. The number of carbonyl (C=O) groups excluding carboxylic acids is 1. The molecule has 2 aromatic heterocycles. The molecular formula is C19H19N5O3. The lowest BCUT2D eigenvalue weighted by Gasteiger charge is -2.06. The lowest BCUT2D eigenvalue weighted by molar-refractivity contribution is 0.0954. The third kappa shape index (κ3) is 3.94. The predicted octanol–water partition coefficient (Wildman–Crippen LogP) is 1.68. The van der Waals surface area contributed by atoms with E-state index in [-0.39, 0.29) is 11.5 Å². The molecule has 138 valence electrons. The fraction of sp³-hybridized carbons (Fsp3) is 0.316. The van der Waals surface area contributed by atoms with E-state index in [4.69, 9.17) is 4.52 Å². The molecule has 4 rings (SSSR count). The van der Waals surface area contributed by atoms with Gasteiger partial charge in [-0.15, -0.1) is 0 Å². The van der Waals surface area contributed by atoms with Crippen LogP contribution >= 0.6 is 0 Å². The average Bonchev–Trinajstić information content (AvgIpc) is 3.43. The lowest BCUT2D eigenvalue weighted by Crippen LogP contribution is -2.25. The van der Waals surface area contributed by atoms with Crippen molar-refractivity contribution in [1.82, 2.24) is 25.2 Å².